The highest BCUT2D eigenvalue weighted by molar-refractivity contribution is 7.09. The third kappa shape index (κ3) is 5.89. The van der Waals surface area contributed by atoms with Gasteiger partial charge in [-0.3, -0.25) is 9.78 Å². The number of benzene rings is 1. The van der Waals surface area contributed by atoms with Crippen LogP contribution in [0.1, 0.15) is 22.0 Å². The summed E-state index contributed by atoms with van der Waals surface area (Å²) >= 11 is 1.52. The van der Waals surface area contributed by atoms with Crippen molar-refractivity contribution in [1.29, 1.82) is 0 Å². The maximum atomic E-state index is 12.4. The van der Waals surface area contributed by atoms with E-state index >= 15 is 0 Å². The predicted octanol–water partition coefficient (Wildman–Crippen LogP) is 3.67. The van der Waals surface area contributed by atoms with Crippen molar-refractivity contribution in [2.45, 2.75) is 26.4 Å². The van der Waals surface area contributed by atoms with Crippen LogP contribution in [0, 0.1) is 6.92 Å². The minimum Gasteiger partial charge on any atom is -0.486 e. The second kappa shape index (κ2) is 9.28. The van der Waals surface area contributed by atoms with E-state index in [1.807, 2.05) is 61.8 Å². The van der Waals surface area contributed by atoms with Crippen molar-refractivity contribution in [1.82, 2.24) is 14.9 Å². The number of carbonyl (C=O) groups excluding carboxylic acids is 1. The predicted molar refractivity (Wildman–Crippen MR) is 107 cm³/mol. The first kappa shape index (κ1) is 19.0. The Morgan fingerprint density at radius 1 is 1.15 bits per heavy atom. The molecule has 0 saturated carbocycles. The van der Waals surface area contributed by atoms with Gasteiger partial charge in [0.15, 0.2) is 0 Å². The molecule has 0 atom stereocenters. The molecule has 0 bridgehead atoms. The molecule has 3 rings (SSSR count). The van der Waals surface area contributed by atoms with Gasteiger partial charge in [0.2, 0.25) is 5.91 Å². The maximum Gasteiger partial charge on any atom is 0.228 e. The van der Waals surface area contributed by atoms with Gasteiger partial charge in [-0.2, -0.15) is 0 Å². The molecule has 0 spiro atoms. The van der Waals surface area contributed by atoms with Gasteiger partial charge >= 0.3 is 0 Å². The summed E-state index contributed by atoms with van der Waals surface area (Å²) in [6.07, 6.45) is 2.82. The van der Waals surface area contributed by atoms with Gasteiger partial charge in [-0.05, 0) is 31.2 Å². The number of pyridine rings is 1. The Kier molecular flexibility index (Phi) is 6.54. The van der Waals surface area contributed by atoms with Crippen LogP contribution in [0.3, 0.4) is 0 Å². The SMILES string of the molecule is Cc1ccc(OCc2nc(CC(=O)N(C)CCc3ccccn3)cs2)cc1. The molecular weight excluding hydrogens is 358 g/mol. The lowest BCUT2D eigenvalue weighted by Crippen LogP contribution is -2.30. The van der Waals surface area contributed by atoms with Gasteiger partial charge in [-0.1, -0.05) is 23.8 Å². The highest BCUT2D eigenvalue weighted by Crippen LogP contribution is 2.16. The lowest BCUT2D eigenvalue weighted by atomic mass is 10.2. The van der Waals surface area contributed by atoms with Crippen molar-refractivity contribution >= 4 is 17.2 Å². The molecule has 6 heteroatoms. The summed E-state index contributed by atoms with van der Waals surface area (Å²) < 4.78 is 5.75. The van der Waals surface area contributed by atoms with Crippen molar-refractivity contribution in [2.24, 2.45) is 0 Å². The molecule has 0 aliphatic carbocycles. The zero-order chi connectivity index (χ0) is 19.1. The average Bonchev–Trinajstić information content (AvgIpc) is 3.13. The van der Waals surface area contributed by atoms with Crippen LogP contribution in [-0.2, 0) is 24.2 Å². The first-order chi connectivity index (χ1) is 13.1. The Morgan fingerprint density at radius 3 is 2.70 bits per heavy atom. The summed E-state index contributed by atoms with van der Waals surface area (Å²) in [5, 5.41) is 2.80. The van der Waals surface area contributed by atoms with Crippen LogP contribution in [0.5, 0.6) is 5.75 Å². The van der Waals surface area contributed by atoms with E-state index in [1.165, 1.54) is 16.9 Å². The number of rotatable bonds is 8. The van der Waals surface area contributed by atoms with Crippen LogP contribution in [0.4, 0.5) is 0 Å². The van der Waals surface area contributed by atoms with E-state index in [-0.39, 0.29) is 5.91 Å². The van der Waals surface area contributed by atoms with Gasteiger partial charge < -0.3 is 9.64 Å². The molecule has 0 N–H and O–H groups in total. The summed E-state index contributed by atoms with van der Waals surface area (Å²) in [7, 11) is 1.82. The van der Waals surface area contributed by atoms with Crippen molar-refractivity contribution in [3.8, 4) is 5.75 Å². The third-order valence-electron chi connectivity index (χ3n) is 4.17. The Hall–Kier alpha value is -2.73. The molecule has 140 valence electrons. The maximum absolute atomic E-state index is 12.4. The molecule has 5 nitrogen and oxygen atoms in total. The molecule has 0 radical (unpaired) electrons. The van der Waals surface area contributed by atoms with Crippen molar-refractivity contribution in [3.63, 3.8) is 0 Å². The number of nitrogens with zero attached hydrogens (tertiary/aromatic N) is 3. The molecular formula is C21H23N3O2S. The minimum absolute atomic E-state index is 0.0576. The summed E-state index contributed by atoms with van der Waals surface area (Å²) in [6, 6.07) is 13.7. The highest BCUT2D eigenvalue weighted by Gasteiger charge is 2.13. The average molecular weight is 382 g/mol. The summed E-state index contributed by atoms with van der Waals surface area (Å²) in [4.78, 5) is 22.9. The Labute approximate surface area is 163 Å². The number of amides is 1. The van der Waals surface area contributed by atoms with E-state index < -0.39 is 0 Å². The van der Waals surface area contributed by atoms with Gasteiger partial charge in [0.25, 0.3) is 0 Å². The first-order valence-electron chi connectivity index (χ1n) is 8.87. The summed E-state index contributed by atoms with van der Waals surface area (Å²) in [5.41, 5.74) is 2.98. The quantitative estimate of drug-likeness (QED) is 0.597. The van der Waals surface area contributed by atoms with Gasteiger partial charge in [0, 0.05) is 37.3 Å². The Morgan fingerprint density at radius 2 is 1.96 bits per heavy atom. The normalized spacial score (nSPS) is 10.6. The van der Waals surface area contributed by atoms with Crippen LogP contribution < -0.4 is 4.74 Å². The third-order valence-corrected chi connectivity index (χ3v) is 5.04. The molecule has 0 fully saturated rings. The molecule has 3 aromatic rings. The molecule has 0 aliphatic heterocycles. The zero-order valence-electron chi connectivity index (χ0n) is 15.6. The van der Waals surface area contributed by atoms with Crippen molar-refractivity contribution in [3.05, 3.63) is 76.0 Å². The van der Waals surface area contributed by atoms with Crippen LogP contribution in [0.2, 0.25) is 0 Å². The molecule has 2 heterocycles. The molecule has 0 saturated heterocycles. The van der Waals surface area contributed by atoms with E-state index in [9.17, 15) is 4.79 Å². The van der Waals surface area contributed by atoms with Crippen LogP contribution >= 0.6 is 11.3 Å². The molecule has 0 aliphatic rings. The summed E-state index contributed by atoms with van der Waals surface area (Å²) in [6.45, 7) is 3.10. The fourth-order valence-corrected chi connectivity index (χ4v) is 3.22. The largest absolute Gasteiger partial charge is 0.486 e. The molecule has 27 heavy (non-hydrogen) atoms. The molecule has 0 unspecified atom stereocenters. The van der Waals surface area contributed by atoms with Crippen molar-refractivity contribution in [2.75, 3.05) is 13.6 Å². The lowest BCUT2D eigenvalue weighted by Gasteiger charge is -2.16. The van der Waals surface area contributed by atoms with Crippen molar-refractivity contribution < 1.29 is 9.53 Å². The van der Waals surface area contributed by atoms with Crippen LogP contribution in [0.15, 0.2) is 54.0 Å². The van der Waals surface area contributed by atoms with E-state index in [2.05, 4.69) is 9.97 Å². The Balaban J connectivity index is 1.46. The number of carbonyl (C=O) groups is 1. The zero-order valence-corrected chi connectivity index (χ0v) is 16.4. The number of aromatic nitrogens is 2. The molecule has 2 aromatic heterocycles. The summed E-state index contributed by atoms with van der Waals surface area (Å²) in [5.74, 6) is 0.880. The van der Waals surface area contributed by atoms with Crippen LogP contribution in [0.25, 0.3) is 0 Å². The van der Waals surface area contributed by atoms with Gasteiger partial charge in [0.05, 0.1) is 12.1 Å². The number of hydrogen-bond donors (Lipinski definition) is 0. The topological polar surface area (TPSA) is 55.3 Å². The van der Waals surface area contributed by atoms with Gasteiger partial charge in [0.1, 0.15) is 17.4 Å². The number of ether oxygens (including phenoxy) is 1. The number of hydrogen-bond acceptors (Lipinski definition) is 5. The van der Waals surface area contributed by atoms with E-state index in [1.54, 1.807) is 11.1 Å². The molecule has 1 amide bonds. The van der Waals surface area contributed by atoms with Gasteiger partial charge in [-0.15, -0.1) is 11.3 Å². The fraction of sp³-hybridized carbons (Fsp3) is 0.286. The lowest BCUT2D eigenvalue weighted by molar-refractivity contribution is -0.129. The second-order valence-corrected chi connectivity index (χ2v) is 7.34. The van der Waals surface area contributed by atoms with Gasteiger partial charge in [-0.25, -0.2) is 4.98 Å². The monoisotopic (exact) mass is 381 g/mol. The number of aryl methyl sites for hydroxylation is 1. The minimum atomic E-state index is 0.0576. The van der Waals surface area contributed by atoms with Crippen LogP contribution in [-0.4, -0.2) is 34.4 Å². The van der Waals surface area contributed by atoms with E-state index in [0.29, 0.717) is 19.6 Å². The highest BCUT2D eigenvalue weighted by atomic mass is 32.1. The van der Waals surface area contributed by atoms with E-state index in [4.69, 9.17) is 4.74 Å². The standard InChI is InChI=1S/C21H23N3O2S/c1-16-6-8-19(9-7-16)26-14-20-23-18(15-27-20)13-21(25)24(2)12-10-17-5-3-4-11-22-17/h3-9,11,15H,10,12-14H2,1-2H3. The first-order valence-corrected chi connectivity index (χ1v) is 9.75. The second-order valence-electron chi connectivity index (χ2n) is 6.40. The number of likely N-dealkylation sites (N-methyl/N-ethyl adjacent to an activating group) is 1. The fourth-order valence-electron chi connectivity index (χ4n) is 2.52. The van der Waals surface area contributed by atoms with E-state index in [0.717, 1.165) is 28.6 Å². The number of thiazole rings is 1. The smallest absolute Gasteiger partial charge is 0.228 e. The molecule has 1 aromatic carbocycles. The Bertz CT molecular complexity index is 863.